The second-order valence-electron chi connectivity index (χ2n) is 4.56. The van der Waals surface area contributed by atoms with Crippen molar-refractivity contribution in [3.05, 3.63) is 64.7 Å². The maximum Gasteiger partial charge on any atom is 0.0996 e. The molecule has 3 aromatic rings. The van der Waals surface area contributed by atoms with Crippen molar-refractivity contribution < 1.29 is 0 Å². The number of aromatic nitrogens is 4. The number of hydrogen-bond donors (Lipinski definition) is 0. The van der Waals surface area contributed by atoms with Gasteiger partial charge in [0.2, 0.25) is 0 Å². The van der Waals surface area contributed by atoms with Gasteiger partial charge < -0.3 is 9.13 Å². The minimum Gasteiger partial charge on any atom is -0.331 e. The third-order valence-electron chi connectivity index (χ3n) is 2.94. The molecule has 0 aliphatic rings. The SMILES string of the molecule is Cc1cn(Cc2cn(-c3ccc(Cl)c(Cl)c3)cn2)cn1.Cl.Cl. The van der Waals surface area contributed by atoms with Gasteiger partial charge in [-0.05, 0) is 25.1 Å². The van der Waals surface area contributed by atoms with Gasteiger partial charge in [0.15, 0.2) is 0 Å². The van der Waals surface area contributed by atoms with Crippen molar-refractivity contribution in [2.24, 2.45) is 0 Å². The van der Waals surface area contributed by atoms with Crippen molar-refractivity contribution in [3.63, 3.8) is 0 Å². The summed E-state index contributed by atoms with van der Waals surface area (Å²) in [7, 11) is 0. The third kappa shape index (κ3) is 4.17. The van der Waals surface area contributed by atoms with Crippen molar-refractivity contribution in [2.45, 2.75) is 13.5 Å². The van der Waals surface area contributed by atoms with Gasteiger partial charge in [-0.15, -0.1) is 24.8 Å². The second kappa shape index (κ2) is 7.88. The van der Waals surface area contributed by atoms with Crippen LogP contribution in [0.1, 0.15) is 11.4 Å². The monoisotopic (exact) mass is 378 g/mol. The van der Waals surface area contributed by atoms with Crippen LogP contribution in [-0.4, -0.2) is 19.1 Å². The van der Waals surface area contributed by atoms with Gasteiger partial charge in [-0.1, -0.05) is 23.2 Å². The first kappa shape index (κ1) is 18.8. The lowest BCUT2D eigenvalue weighted by Gasteiger charge is -2.03. The minimum absolute atomic E-state index is 0. The molecule has 0 aliphatic heterocycles. The summed E-state index contributed by atoms with van der Waals surface area (Å²) in [5, 5.41) is 1.08. The molecular weight excluding hydrogens is 366 g/mol. The average molecular weight is 380 g/mol. The Kier molecular flexibility index (Phi) is 6.75. The van der Waals surface area contributed by atoms with Gasteiger partial charge in [0.1, 0.15) is 0 Å². The predicted molar refractivity (Wildman–Crippen MR) is 94.1 cm³/mol. The van der Waals surface area contributed by atoms with Gasteiger partial charge in [-0.3, -0.25) is 0 Å². The molecule has 4 nitrogen and oxygen atoms in total. The van der Waals surface area contributed by atoms with Crippen molar-refractivity contribution in [1.29, 1.82) is 0 Å². The second-order valence-corrected chi connectivity index (χ2v) is 5.37. The van der Waals surface area contributed by atoms with Crippen LogP contribution in [0.5, 0.6) is 0 Å². The van der Waals surface area contributed by atoms with Crippen molar-refractivity contribution in [1.82, 2.24) is 19.1 Å². The lowest BCUT2D eigenvalue weighted by atomic mass is 10.3. The van der Waals surface area contributed by atoms with E-state index in [1.54, 1.807) is 18.7 Å². The number of rotatable bonds is 3. The number of nitrogens with zero attached hydrogens (tertiary/aromatic N) is 4. The maximum atomic E-state index is 6.02. The van der Waals surface area contributed by atoms with E-state index >= 15 is 0 Å². The van der Waals surface area contributed by atoms with E-state index in [2.05, 4.69) is 9.97 Å². The first-order valence-electron chi connectivity index (χ1n) is 6.08. The molecule has 2 heterocycles. The van der Waals surface area contributed by atoms with Crippen LogP contribution >= 0.6 is 48.0 Å². The topological polar surface area (TPSA) is 35.6 Å². The highest BCUT2D eigenvalue weighted by Crippen LogP contribution is 2.24. The van der Waals surface area contributed by atoms with Gasteiger partial charge in [-0.2, -0.15) is 0 Å². The van der Waals surface area contributed by atoms with Crippen LogP contribution in [0.4, 0.5) is 0 Å². The van der Waals surface area contributed by atoms with Crippen LogP contribution in [0.3, 0.4) is 0 Å². The molecular formula is C14H14Cl4N4. The number of halogens is 4. The Balaban J connectivity index is 0.00000121. The van der Waals surface area contributed by atoms with E-state index in [9.17, 15) is 0 Å². The zero-order chi connectivity index (χ0) is 14.1. The molecule has 8 heteroatoms. The number of aryl methyl sites for hydroxylation is 1. The molecule has 0 radical (unpaired) electrons. The molecule has 0 saturated heterocycles. The van der Waals surface area contributed by atoms with E-state index in [4.69, 9.17) is 23.2 Å². The Hall–Kier alpha value is -1.20. The zero-order valence-electron chi connectivity index (χ0n) is 11.6. The van der Waals surface area contributed by atoms with Crippen LogP contribution < -0.4 is 0 Å². The van der Waals surface area contributed by atoms with Crippen LogP contribution in [-0.2, 0) is 6.54 Å². The molecule has 0 N–H and O–H groups in total. The fourth-order valence-electron chi connectivity index (χ4n) is 1.98. The van der Waals surface area contributed by atoms with E-state index < -0.39 is 0 Å². The zero-order valence-corrected chi connectivity index (χ0v) is 14.8. The predicted octanol–water partition coefficient (Wildman–Crippen LogP) is 4.58. The summed E-state index contributed by atoms with van der Waals surface area (Å²) < 4.78 is 3.91. The van der Waals surface area contributed by atoms with E-state index in [0.717, 1.165) is 17.1 Å². The van der Waals surface area contributed by atoms with E-state index in [1.807, 2.05) is 40.6 Å². The summed E-state index contributed by atoms with van der Waals surface area (Å²) >= 11 is 11.9. The summed E-state index contributed by atoms with van der Waals surface area (Å²) in [6, 6.07) is 5.50. The molecule has 0 amide bonds. The van der Waals surface area contributed by atoms with Gasteiger partial charge >= 0.3 is 0 Å². The van der Waals surface area contributed by atoms with Crippen LogP contribution in [0.25, 0.3) is 5.69 Å². The molecule has 118 valence electrons. The van der Waals surface area contributed by atoms with E-state index in [-0.39, 0.29) is 24.8 Å². The molecule has 0 spiro atoms. The first-order chi connectivity index (χ1) is 9.61. The van der Waals surface area contributed by atoms with Crippen LogP contribution in [0.2, 0.25) is 10.0 Å². The Morgan fingerprint density at radius 1 is 1.00 bits per heavy atom. The summed E-state index contributed by atoms with van der Waals surface area (Å²) in [6.07, 6.45) is 7.51. The standard InChI is InChI=1S/C14H12Cl2N4.2ClH/c1-10-5-19(8-17-10)6-11-7-20(9-18-11)12-2-3-13(15)14(16)4-12;;/h2-5,7-9H,6H2,1H3;2*1H. The normalized spacial score (nSPS) is 9.95. The van der Waals surface area contributed by atoms with Crippen molar-refractivity contribution in [2.75, 3.05) is 0 Å². The van der Waals surface area contributed by atoms with Crippen LogP contribution in [0, 0.1) is 6.92 Å². The highest BCUT2D eigenvalue weighted by molar-refractivity contribution is 6.42. The van der Waals surface area contributed by atoms with Gasteiger partial charge in [0.05, 0.1) is 40.6 Å². The largest absolute Gasteiger partial charge is 0.331 e. The molecule has 0 bridgehead atoms. The van der Waals surface area contributed by atoms with Gasteiger partial charge in [0.25, 0.3) is 0 Å². The van der Waals surface area contributed by atoms with Gasteiger partial charge in [-0.25, -0.2) is 9.97 Å². The molecule has 0 saturated carbocycles. The quantitative estimate of drug-likeness (QED) is 0.667. The van der Waals surface area contributed by atoms with Crippen molar-refractivity contribution >= 4 is 48.0 Å². The fraction of sp³-hybridized carbons (Fsp3) is 0.143. The minimum atomic E-state index is 0. The number of hydrogen-bond acceptors (Lipinski definition) is 2. The number of benzene rings is 1. The Morgan fingerprint density at radius 3 is 2.41 bits per heavy atom. The fourth-order valence-corrected chi connectivity index (χ4v) is 2.27. The van der Waals surface area contributed by atoms with E-state index in [1.165, 1.54) is 0 Å². The van der Waals surface area contributed by atoms with Crippen LogP contribution in [0.15, 0.2) is 43.2 Å². The summed E-state index contributed by atoms with van der Waals surface area (Å²) in [4.78, 5) is 8.58. The summed E-state index contributed by atoms with van der Waals surface area (Å²) in [5.74, 6) is 0. The maximum absolute atomic E-state index is 6.02. The molecule has 0 unspecified atom stereocenters. The Bertz CT molecular complexity index is 751. The smallest absolute Gasteiger partial charge is 0.0996 e. The molecule has 0 atom stereocenters. The molecule has 2 aromatic heterocycles. The molecule has 1 aromatic carbocycles. The summed E-state index contributed by atoms with van der Waals surface area (Å²) in [6.45, 7) is 2.65. The Morgan fingerprint density at radius 2 is 1.77 bits per heavy atom. The molecule has 0 aliphatic carbocycles. The van der Waals surface area contributed by atoms with E-state index in [0.29, 0.717) is 16.6 Å². The number of imidazole rings is 2. The average Bonchev–Trinajstić information content (AvgIpc) is 3.03. The molecule has 0 fully saturated rings. The first-order valence-corrected chi connectivity index (χ1v) is 6.84. The highest BCUT2D eigenvalue weighted by atomic mass is 35.5. The third-order valence-corrected chi connectivity index (χ3v) is 3.68. The van der Waals surface area contributed by atoms with Gasteiger partial charge in [0, 0.05) is 18.1 Å². The lowest BCUT2D eigenvalue weighted by molar-refractivity contribution is 0.777. The Labute approximate surface area is 150 Å². The lowest BCUT2D eigenvalue weighted by Crippen LogP contribution is -1.96. The van der Waals surface area contributed by atoms with Crippen molar-refractivity contribution in [3.8, 4) is 5.69 Å². The summed E-state index contributed by atoms with van der Waals surface area (Å²) in [5.41, 5.74) is 2.88. The highest BCUT2D eigenvalue weighted by Gasteiger charge is 2.04. The molecule has 22 heavy (non-hydrogen) atoms. The molecule has 3 rings (SSSR count).